The highest BCUT2D eigenvalue weighted by molar-refractivity contribution is 5.66. The van der Waals surface area contributed by atoms with Crippen molar-refractivity contribution in [2.24, 2.45) is 0 Å². The molecular formula is C12H25NO2. The molecule has 0 saturated heterocycles. The van der Waals surface area contributed by atoms with Gasteiger partial charge < -0.3 is 10.4 Å². The number of nitrogens with one attached hydrogen (secondary N) is 1. The van der Waals surface area contributed by atoms with Gasteiger partial charge in [0.2, 0.25) is 0 Å². The summed E-state index contributed by atoms with van der Waals surface area (Å²) in [6.45, 7) is 4.26. The first kappa shape index (κ1) is 14.4. The maximum Gasteiger partial charge on any atom is 0.303 e. The van der Waals surface area contributed by atoms with Crippen molar-refractivity contribution in [2.75, 3.05) is 13.1 Å². The van der Waals surface area contributed by atoms with Crippen molar-refractivity contribution in [1.29, 1.82) is 0 Å². The second-order valence-corrected chi connectivity index (χ2v) is 4.02. The molecule has 0 saturated carbocycles. The van der Waals surface area contributed by atoms with Gasteiger partial charge in [0.1, 0.15) is 0 Å². The Kier molecular flexibility index (Phi) is 11.1. The third kappa shape index (κ3) is 13.4. The van der Waals surface area contributed by atoms with Crippen molar-refractivity contribution in [1.82, 2.24) is 5.32 Å². The molecule has 0 bridgehead atoms. The molecule has 0 aliphatic carbocycles. The predicted octanol–water partition coefficient (Wildman–Crippen LogP) is 2.80. The summed E-state index contributed by atoms with van der Waals surface area (Å²) in [4.78, 5) is 10.2. The largest absolute Gasteiger partial charge is 0.481 e. The van der Waals surface area contributed by atoms with Gasteiger partial charge in [0.05, 0.1) is 0 Å². The number of carboxylic acids is 1. The van der Waals surface area contributed by atoms with Crippen molar-refractivity contribution in [3.8, 4) is 0 Å². The van der Waals surface area contributed by atoms with Crippen LogP contribution in [-0.2, 0) is 4.79 Å². The van der Waals surface area contributed by atoms with Gasteiger partial charge in [0, 0.05) is 6.42 Å². The van der Waals surface area contributed by atoms with E-state index in [0.29, 0.717) is 6.42 Å². The monoisotopic (exact) mass is 215 g/mol. The molecule has 0 heterocycles. The number of aliphatic carboxylic acids is 1. The zero-order valence-electron chi connectivity index (χ0n) is 9.93. The maximum atomic E-state index is 10.2. The predicted molar refractivity (Wildman–Crippen MR) is 63.1 cm³/mol. The average Bonchev–Trinajstić information content (AvgIpc) is 2.20. The van der Waals surface area contributed by atoms with Crippen LogP contribution in [0.25, 0.3) is 0 Å². The number of rotatable bonds is 11. The number of hydrogen-bond acceptors (Lipinski definition) is 2. The molecular weight excluding hydrogens is 190 g/mol. The van der Waals surface area contributed by atoms with Gasteiger partial charge in [-0.3, -0.25) is 4.79 Å². The molecule has 0 unspecified atom stereocenters. The lowest BCUT2D eigenvalue weighted by Crippen LogP contribution is -2.16. The fourth-order valence-electron chi connectivity index (χ4n) is 1.50. The average molecular weight is 215 g/mol. The molecule has 3 nitrogen and oxygen atoms in total. The maximum absolute atomic E-state index is 10.2. The van der Waals surface area contributed by atoms with E-state index in [0.717, 1.165) is 25.9 Å². The molecule has 0 aromatic heterocycles. The third-order valence-electron chi connectivity index (χ3n) is 2.45. The molecule has 15 heavy (non-hydrogen) atoms. The molecule has 3 heteroatoms. The van der Waals surface area contributed by atoms with Crippen LogP contribution in [-0.4, -0.2) is 24.2 Å². The fourth-order valence-corrected chi connectivity index (χ4v) is 1.50. The molecule has 2 N–H and O–H groups in total. The SMILES string of the molecule is CCCCCCCNCCCCC(=O)O. The molecule has 0 amide bonds. The summed E-state index contributed by atoms with van der Waals surface area (Å²) in [6.07, 6.45) is 8.62. The molecule has 0 rings (SSSR count). The van der Waals surface area contributed by atoms with Crippen molar-refractivity contribution < 1.29 is 9.90 Å². The van der Waals surface area contributed by atoms with Crippen molar-refractivity contribution in [2.45, 2.75) is 58.3 Å². The van der Waals surface area contributed by atoms with E-state index < -0.39 is 5.97 Å². The second-order valence-electron chi connectivity index (χ2n) is 4.02. The molecule has 0 aromatic carbocycles. The molecule has 90 valence electrons. The van der Waals surface area contributed by atoms with Crippen molar-refractivity contribution >= 4 is 5.97 Å². The number of carbonyl (C=O) groups is 1. The highest BCUT2D eigenvalue weighted by Crippen LogP contribution is 2.01. The van der Waals surface area contributed by atoms with Crippen LogP contribution in [0.4, 0.5) is 0 Å². The first-order valence-electron chi connectivity index (χ1n) is 6.20. The van der Waals surface area contributed by atoms with Gasteiger partial charge in [-0.25, -0.2) is 0 Å². The normalized spacial score (nSPS) is 10.5. The molecule has 0 atom stereocenters. The fraction of sp³-hybridized carbons (Fsp3) is 0.917. The van der Waals surface area contributed by atoms with E-state index in [1.54, 1.807) is 0 Å². The number of hydrogen-bond donors (Lipinski definition) is 2. The van der Waals surface area contributed by atoms with Crippen molar-refractivity contribution in [3.05, 3.63) is 0 Å². The highest BCUT2D eigenvalue weighted by atomic mass is 16.4. The topological polar surface area (TPSA) is 49.3 Å². The summed E-state index contributed by atoms with van der Waals surface area (Å²) in [5, 5.41) is 11.8. The van der Waals surface area contributed by atoms with Crippen LogP contribution in [0, 0.1) is 0 Å². The summed E-state index contributed by atoms with van der Waals surface area (Å²) in [5.41, 5.74) is 0. The van der Waals surface area contributed by atoms with Gasteiger partial charge in [-0.2, -0.15) is 0 Å². The van der Waals surface area contributed by atoms with Crippen LogP contribution in [0.2, 0.25) is 0 Å². The van der Waals surface area contributed by atoms with Crippen LogP contribution >= 0.6 is 0 Å². The quantitative estimate of drug-likeness (QED) is 0.521. The minimum Gasteiger partial charge on any atom is -0.481 e. The van der Waals surface area contributed by atoms with E-state index in [2.05, 4.69) is 12.2 Å². The second kappa shape index (κ2) is 11.5. The third-order valence-corrected chi connectivity index (χ3v) is 2.45. The first-order chi connectivity index (χ1) is 7.27. The summed E-state index contributed by atoms with van der Waals surface area (Å²) in [5.74, 6) is -0.686. The van der Waals surface area contributed by atoms with Crippen LogP contribution in [0.1, 0.15) is 58.3 Å². The Morgan fingerprint density at radius 3 is 2.20 bits per heavy atom. The Balaban J connectivity index is 2.89. The number of unbranched alkanes of at least 4 members (excludes halogenated alkanes) is 5. The molecule has 0 aliphatic heterocycles. The zero-order valence-corrected chi connectivity index (χ0v) is 9.93. The van der Waals surface area contributed by atoms with Gasteiger partial charge in [-0.15, -0.1) is 0 Å². The lowest BCUT2D eigenvalue weighted by atomic mass is 10.1. The van der Waals surface area contributed by atoms with E-state index in [9.17, 15) is 4.79 Å². The van der Waals surface area contributed by atoms with E-state index >= 15 is 0 Å². The van der Waals surface area contributed by atoms with Gasteiger partial charge >= 0.3 is 5.97 Å². The van der Waals surface area contributed by atoms with Crippen LogP contribution in [0.15, 0.2) is 0 Å². The summed E-state index contributed by atoms with van der Waals surface area (Å²) >= 11 is 0. The Morgan fingerprint density at radius 1 is 1.00 bits per heavy atom. The lowest BCUT2D eigenvalue weighted by Gasteiger charge is -2.03. The standard InChI is InChI=1S/C12H25NO2/c1-2-3-4-5-7-10-13-11-8-6-9-12(14)15/h13H,2-11H2,1H3,(H,14,15). The summed E-state index contributed by atoms with van der Waals surface area (Å²) < 4.78 is 0. The van der Waals surface area contributed by atoms with E-state index in [4.69, 9.17) is 5.11 Å². The van der Waals surface area contributed by atoms with Crippen LogP contribution < -0.4 is 5.32 Å². The summed E-state index contributed by atoms with van der Waals surface area (Å²) in [6, 6.07) is 0. The Hall–Kier alpha value is -0.570. The van der Waals surface area contributed by atoms with Crippen LogP contribution in [0.5, 0.6) is 0 Å². The molecule has 0 aromatic rings. The minimum absolute atomic E-state index is 0.304. The lowest BCUT2D eigenvalue weighted by molar-refractivity contribution is -0.137. The zero-order chi connectivity index (χ0) is 11.4. The van der Waals surface area contributed by atoms with Gasteiger partial charge in [0.15, 0.2) is 0 Å². The molecule has 0 aliphatic rings. The smallest absolute Gasteiger partial charge is 0.303 e. The molecule has 0 spiro atoms. The van der Waals surface area contributed by atoms with Gasteiger partial charge in [-0.1, -0.05) is 32.6 Å². The number of carboxylic acid groups (broad SMARTS) is 1. The van der Waals surface area contributed by atoms with Gasteiger partial charge in [-0.05, 0) is 32.4 Å². The van der Waals surface area contributed by atoms with Crippen molar-refractivity contribution in [3.63, 3.8) is 0 Å². The summed E-state index contributed by atoms with van der Waals surface area (Å²) in [7, 11) is 0. The Bertz CT molecular complexity index is 149. The van der Waals surface area contributed by atoms with E-state index in [-0.39, 0.29) is 0 Å². The Labute approximate surface area is 93.3 Å². The highest BCUT2D eigenvalue weighted by Gasteiger charge is 1.95. The first-order valence-corrected chi connectivity index (χ1v) is 6.20. The van der Waals surface area contributed by atoms with Crippen LogP contribution in [0.3, 0.4) is 0 Å². The Morgan fingerprint density at radius 2 is 1.60 bits per heavy atom. The van der Waals surface area contributed by atoms with E-state index in [1.807, 2.05) is 0 Å². The van der Waals surface area contributed by atoms with E-state index in [1.165, 1.54) is 32.1 Å². The molecule has 0 fully saturated rings. The van der Waals surface area contributed by atoms with Gasteiger partial charge in [0.25, 0.3) is 0 Å². The molecule has 0 radical (unpaired) electrons. The minimum atomic E-state index is -0.686.